The minimum absolute atomic E-state index is 0.0468. The summed E-state index contributed by atoms with van der Waals surface area (Å²) < 4.78 is 31.7. The van der Waals surface area contributed by atoms with Crippen molar-refractivity contribution in [2.24, 2.45) is 34.8 Å². The number of halogens is 3. The van der Waals surface area contributed by atoms with E-state index in [9.17, 15) is 71.0 Å². The van der Waals surface area contributed by atoms with Gasteiger partial charge in [0.1, 0.15) is 48.0 Å². The summed E-state index contributed by atoms with van der Waals surface area (Å²) in [4.78, 5) is 157. The van der Waals surface area contributed by atoms with Gasteiger partial charge in [-0.1, -0.05) is 67.8 Å². The third-order valence-corrected chi connectivity index (χ3v) is 14.0. The molecular weight excluding hydrogens is 1050 g/mol. The third kappa shape index (κ3) is 22.5. The van der Waals surface area contributed by atoms with E-state index in [1.54, 1.807) is 13.8 Å². The lowest BCUT2D eigenvalue weighted by atomic mass is 9.96. The van der Waals surface area contributed by atoms with E-state index in [0.29, 0.717) is 18.4 Å². The van der Waals surface area contributed by atoms with Gasteiger partial charge in [0, 0.05) is 30.9 Å². The van der Waals surface area contributed by atoms with Gasteiger partial charge >= 0.3 is 12.1 Å². The van der Waals surface area contributed by atoms with Crippen molar-refractivity contribution in [3.8, 4) is 5.75 Å². The van der Waals surface area contributed by atoms with Crippen molar-refractivity contribution in [2.75, 3.05) is 24.6 Å². The SMILES string of the molecule is CC[C@H](C)C1NC(=O)[C@H](Cc2ccc(O)cc2)NC(=O)[C@@H](N)CSSC[C@@H](C(=O)N2CCC[C@H]2C(=O)N[C@@H](CC(C)C)C(=O)NCC(N)=O)NC(=O)[C@H](CC(N)=O)NC(=O)[C@H](CCC(N)=O)NC1=O.O=C(O)C(F)(F)F. The molecule has 0 bridgehead atoms. The second-order valence-electron chi connectivity index (χ2n) is 18.2. The number of aromatic hydroxyl groups is 1. The fraction of sp³-hybridized carbons (Fsp3) is 0.600. The lowest BCUT2D eigenvalue weighted by Crippen LogP contribution is -2.61. The van der Waals surface area contributed by atoms with Crippen molar-refractivity contribution in [3.05, 3.63) is 29.8 Å². The Balaban J connectivity index is 0.00000263. The second kappa shape index (κ2) is 31.2. The summed E-state index contributed by atoms with van der Waals surface area (Å²) in [5.74, 6) is -13.1. The predicted molar refractivity (Wildman–Crippen MR) is 268 cm³/mol. The van der Waals surface area contributed by atoms with E-state index in [0.717, 1.165) is 21.6 Å². The Bertz CT molecular complexity index is 2270. The van der Waals surface area contributed by atoms with Crippen LogP contribution < -0.4 is 60.2 Å². The van der Waals surface area contributed by atoms with Crippen LogP contribution in [-0.4, -0.2) is 165 Å². The van der Waals surface area contributed by atoms with Gasteiger partial charge in [-0.3, -0.25) is 52.7 Å². The zero-order valence-electron chi connectivity index (χ0n) is 42.1. The van der Waals surface area contributed by atoms with E-state index in [1.165, 1.54) is 29.2 Å². The summed E-state index contributed by atoms with van der Waals surface area (Å²) in [5, 5.41) is 34.8. The molecule has 1 aromatic rings. The molecule has 1 unspecified atom stereocenters. The highest BCUT2D eigenvalue weighted by atomic mass is 33.1. The Kier molecular flexibility index (Phi) is 26.8. The fourth-order valence-corrected chi connectivity index (χ4v) is 9.62. The van der Waals surface area contributed by atoms with E-state index in [2.05, 4.69) is 37.2 Å². The Morgan fingerprint density at radius 2 is 1.36 bits per heavy atom. The Hall–Kier alpha value is -6.89. The summed E-state index contributed by atoms with van der Waals surface area (Å²) in [6.45, 7) is 6.60. The minimum Gasteiger partial charge on any atom is -0.508 e. The van der Waals surface area contributed by atoms with Gasteiger partial charge in [-0.2, -0.15) is 13.2 Å². The first-order chi connectivity index (χ1) is 35.4. The smallest absolute Gasteiger partial charge is 0.490 e. The van der Waals surface area contributed by atoms with Gasteiger partial charge in [-0.15, -0.1) is 0 Å². The number of aliphatic carboxylic acids is 1. The number of benzene rings is 1. The maximum atomic E-state index is 14.5. The van der Waals surface area contributed by atoms with Crippen LogP contribution >= 0.6 is 21.6 Å². The molecule has 2 saturated heterocycles. The highest BCUT2D eigenvalue weighted by Gasteiger charge is 2.41. The van der Waals surface area contributed by atoms with Crippen LogP contribution in [0.25, 0.3) is 0 Å². The number of nitrogens with zero attached hydrogens (tertiary/aromatic N) is 1. The van der Waals surface area contributed by atoms with Crippen LogP contribution in [0.1, 0.15) is 78.2 Å². The van der Waals surface area contributed by atoms with Crippen LogP contribution in [0.15, 0.2) is 24.3 Å². The van der Waals surface area contributed by atoms with E-state index < -0.39 is 157 Å². The molecule has 0 saturated carbocycles. The molecule has 26 nitrogen and oxygen atoms in total. The maximum absolute atomic E-state index is 14.5. The first-order valence-corrected chi connectivity index (χ1v) is 26.3. The van der Waals surface area contributed by atoms with Gasteiger partial charge in [-0.25, -0.2) is 4.79 Å². The summed E-state index contributed by atoms with van der Waals surface area (Å²) in [5.41, 5.74) is 22.9. The lowest BCUT2D eigenvalue weighted by Gasteiger charge is -2.31. The number of amides is 11. The number of hydrogen-bond acceptors (Lipinski definition) is 16. The highest BCUT2D eigenvalue weighted by molar-refractivity contribution is 8.76. The summed E-state index contributed by atoms with van der Waals surface area (Å²) >= 11 is 0. The first-order valence-electron chi connectivity index (χ1n) is 23.8. The van der Waals surface area contributed by atoms with Crippen molar-refractivity contribution in [1.29, 1.82) is 0 Å². The molecule has 31 heteroatoms. The number of carboxylic acids is 1. The van der Waals surface area contributed by atoms with Crippen LogP contribution in [0.3, 0.4) is 0 Å². The number of rotatable bonds is 17. The summed E-state index contributed by atoms with van der Waals surface area (Å²) in [6.07, 6.45) is -5.78. The topological polar surface area (TPSA) is 437 Å². The second-order valence-corrected chi connectivity index (χ2v) is 20.8. The molecule has 17 N–H and O–H groups in total. The average Bonchev–Trinajstić information content (AvgIpc) is 3.83. The van der Waals surface area contributed by atoms with E-state index >= 15 is 0 Å². The number of primary amides is 3. The molecule has 1 aromatic carbocycles. The fourth-order valence-electron chi connectivity index (χ4n) is 7.34. The molecule has 2 aliphatic heterocycles. The van der Waals surface area contributed by atoms with Gasteiger partial charge in [0.25, 0.3) is 0 Å². The molecular formula is C45H67F3N12O14S2. The zero-order valence-corrected chi connectivity index (χ0v) is 43.7. The predicted octanol–water partition coefficient (Wildman–Crippen LogP) is -2.98. The number of carbonyl (C=O) groups excluding carboxylic acids is 11. The Morgan fingerprint density at radius 1 is 0.789 bits per heavy atom. The third-order valence-electron chi connectivity index (χ3n) is 11.5. The molecule has 2 aliphatic rings. The van der Waals surface area contributed by atoms with Crippen molar-refractivity contribution in [1.82, 2.24) is 42.1 Å². The summed E-state index contributed by atoms with van der Waals surface area (Å²) in [7, 11) is 2.05. The molecule has 2 heterocycles. The standard InChI is InChI=1S/C43H66N12O12S2.C2HF3O2/c1-5-22(4)35-42(66)49-26(12-13-32(45)57)38(62)51-29(17-33(46)58)39(63)53-30(20-69-68-19-25(44)36(60)50-28(40(64)54-35)16-23-8-10-24(56)11-9-23)43(67)55-14-6-7-31(55)41(65)52-27(15-21(2)3)37(61)48-18-34(47)59;3-2(4,5)1(6)7/h8-11,21-22,25-31,35,56H,5-7,12-20,44H2,1-4H3,(H2,45,57)(H2,46,58)(H2,47,59)(H,48,61)(H,49,66)(H,50,60)(H,51,62)(H,52,65)(H,53,63)(H,54,64);(H,6,7)/t22-,25-,26-,27-,28-,29-,30-,31-,35?;/m0./s1. The molecule has 0 radical (unpaired) electrons. The number of phenols is 1. The van der Waals surface area contributed by atoms with Gasteiger partial charge in [0.05, 0.1) is 19.0 Å². The van der Waals surface area contributed by atoms with Crippen LogP contribution in [0.5, 0.6) is 5.75 Å². The number of carboxylic acid groups (broad SMARTS) is 1. The highest BCUT2D eigenvalue weighted by Crippen LogP contribution is 2.26. The van der Waals surface area contributed by atoms with Crippen molar-refractivity contribution < 1.29 is 80.9 Å². The van der Waals surface area contributed by atoms with Crippen LogP contribution in [-0.2, 0) is 64.0 Å². The van der Waals surface area contributed by atoms with Gasteiger partial charge in [0.15, 0.2) is 0 Å². The molecule has 424 valence electrons. The van der Waals surface area contributed by atoms with E-state index in [-0.39, 0.29) is 49.0 Å². The monoisotopic (exact) mass is 1120 g/mol. The van der Waals surface area contributed by atoms with Gasteiger partial charge < -0.3 is 75.3 Å². The first kappa shape index (κ1) is 65.2. The summed E-state index contributed by atoms with van der Waals surface area (Å²) in [6, 6.07) is -5.05. The molecule has 0 aromatic heterocycles. The molecule has 0 aliphatic carbocycles. The van der Waals surface area contributed by atoms with E-state index in [1.807, 2.05) is 13.8 Å². The maximum Gasteiger partial charge on any atom is 0.490 e. The molecule has 76 heavy (non-hydrogen) atoms. The number of carbonyl (C=O) groups is 12. The minimum atomic E-state index is -5.08. The number of alkyl halides is 3. The average molecular weight is 1120 g/mol. The van der Waals surface area contributed by atoms with E-state index in [4.69, 9.17) is 32.8 Å². The molecule has 3 rings (SSSR count). The quantitative estimate of drug-likeness (QED) is 0.0693. The number of nitrogens with two attached hydrogens (primary N) is 4. The van der Waals surface area contributed by atoms with Crippen molar-refractivity contribution >= 4 is 92.5 Å². The number of nitrogens with one attached hydrogen (secondary N) is 7. The number of hydrogen-bond donors (Lipinski definition) is 13. The molecule has 9 atom stereocenters. The lowest BCUT2D eigenvalue weighted by molar-refractivity contribution is -0.192. The molecule has 0 spiro atoms. The van der Waals surface area contributed by atoms with Crippen molar-refractivity contribution in [3.63, 3.8) is 0 Å². The molecule has 2 fully saturated rings. The number of likely N-dealkylation sites (tertiary alicyclic amines) is 1. The van der Waals surface area contributed by atoms with Crippen LogP contribution in [0.2, 0.25) is 0 Å². The Labute approximate surface area is 442 Å². The van der Waals surface area contributed by atoms with Crippen molar-refractivity contribution in [2.45, 2.75) is 134 Å². The Morgan fingerprint density at radius 3 is 1.91 bits per heavy atom. The largest absolute Gasteiger partial charge is 0.508 e. The number of phenolic OH excluding ortho intramolecular Hbond substituents is 1. The van der Waals surface area contributed by atoms with Crippen LogP contribution in [0.4, 0.5) is 13.2 Å². The van der Waals surface area contributed by atoms with Crippen LogP contribution in [0, 0.1) is 11.8 Å². The zero-order chi connectivity index (χ0) is 57.6. The van der Waals surface area contributed by atoms with Gasteiger partial charge in [-0.05, 0) is 55.2 Å². The van der Waals surface area contributed by atoms with Gasteiger partial charge in [0.2, 0.25) is 65.0 Å². The molecule has 11 amide bonds. The normalized spacial score (nSPS) is 23.1.